The molecule has 1 heterocycles. The first-order valence-corrected chi connectivity index (χ1v) is 6.32. The number of thioether (sulfide) groups is 1. The van der Waals surface area contributed by atoms with Crippen molar-refractivity contribution in [2.24, 2.45) is 0 Å². The summed E-state index contributed by atoms with van der Waals surface area (Å²) in [6.45, 7) is 1.73. The van der Waals surface area contributed by atoms with Gasteiger partial charge in [0.2, 0.25) is 5.91 Å². The molecule has 2 aromatic rings. The van der Waals surface area contributed by atoms with Crippen LogP contribution in [0, 0.1) is 5.82 Å². The minimum absolute atomic E-state index is 0.00617. The molecule has 1 aromatic heterocycles. The molecule has 0 radical (unpaired) electrons. The second kappa shape index (κ2) is 5.70. The first-order chi connectivity index (χ1) is 9.06. The number of carbonyl (C=O) groups excluding carboxylic acids is 1. The number of aromatic amines is 1. The van der Waals surface area contributed by atoms with Crippen LogP contribution < -0.4 is 11.1 Å². The number of benzene rings is 1. The second-order valence-electron chi connectivity index (χ2n) is 3.78. The van der Waals surface area contributed by atoms with Crippen LogP contribution in [0.25, 0.3) is 0 Å². The van der Waals surface area contributed by atoms with E-state index in [4.69, 9.17) is 5.73 Å². The molecule has 0 spiro atoms. The van der Waals surface area contributed by atoms with Crippen LogP contribution in [0.2, 0.25) is 0 Å². The van der Waals surface area contributed by atoms with Crippen molar-refractivity contribution in [3.63, 3.8) is 0 Å². The average molecular weight is 281 g/mol. The predicted molar refractivity (Wildman–Crippen MR) is 71.1 cm³/mol. The minimum Gasteiger partial charge on any atom is -0.396 e. The summed E-state index contributed by atoms with van der Waals surface area (Å²) in [7, 11) is 0. The highest BCUT2D eigenvalue weighted by Gasteiger charge is 2.16. The number of hydrogen-bond donors (Lipinski definition) is 3. The highest BCUT2D eigenvalue weighted by Crippen LogP contribution is 2.21. The fraction of sp³-hybridized carbons (Fsp3) is 0.182. The number of H-pyrrole nitrogens is 1. The van der Waals surface area contributed by atoms with Crippen molar-refractivity contribution < 1.29 is 9.18 Å². The smallest absolute Gasteiger partial charge is 0.237 e. The molecule has 6 nitrogen and oxygen atoms in total. The van der Waals surface area contributed by atoms with Crippen LogP contribution in [0.15, 0.2) is 29.7 Å². The molecule has 1 aromatic carbocycles. The molecule has 100 valence electrons. The molecule has 0 aliphatic heterocycles. The number of nitrogens with zero attached hydrogens (tertiary/aromatic N) is 2. The maximum atomic E-state index is 13.0. The molecule has 8 heteroatoms. The Kier molecular flexibility index (Phi) is 4.00. The van der Waals surface area contributed by atoms with Crippen molar-refractivity contribution in [2.45, 2.75) is 17.3 Å². The number of anilines is 2. The van der Waals surface area contributed by atoms with Gasteiger partial charge in [-0.15, -0.1) is 0 Å². The third-order valence-electron chi connectivity index (χ3n) is 2.31. The lowest BCUT2D eigenvalue weighted by molar-refractivity contribution is -0.115. The molecular weight excluding hydrogens is 269 g/mol. The van der Waals surface area contributed by atoms with Crippen molar-refractivity contribution in [3.05, 3.63) is 30.3 Å². The van der Waals surface area contributed by atoms with Gasteiger partial charge in [-0.05, 0) is 25.1 Å². The first-order valence-electron chi connectivity index (χ1n) is 5.44. The molecule has 0 bridgehead atoms. The molecule has 0 saturated carbocycles. The topological polar surface area (TPSA) is 96.7 Å². The molecule has 2 rings (SSSR count). The first kappa shape index (κ1) is 13.3. The zero-order chi connectivity index (χ0) is 13.8. The van der Waals surface area contributed by atoms with Crippen molar-refractivity contribution in [3.8, 4) is 0 Å². The largest absolute Gasteiger partial charge is 0.396 e. The van der Waals surface area contributed by atoms with E-state index in [2.05, 4.69) is 20.5 Å². The Bertz CT molecular complexity index is 574. The summed E-state index contributed by atoms with van der Waals surface area (Å²) in [5.41, 5.74) is 5.87. The van der Waals surface area contributed by atoms with Crippen LogP contribution in [-0.4, -0.2) is 26.3 Å². The zero-order valence-corrected chi connectivity index (χ0v) is 10.9. The van der Waals surface area contributed by atoms with Crippen LogP contribution in [-0.2, 0) is 4.79 Å². The average Bonchev–Trinajstić information content (AvgIpc) is 2.86. The number of carbonyl (C=O) groups is 1. The monoisotopic (exact) mass is 281 g/mol. The van der Waals surface area contributed by atoms with Gasteiger partial charge in [0.05, 0.1) is 10.9 Å². The fourth-order valence-corrected chi connectivity index (χ4v) is 2.05. The lowest BCUT2D eigenvalue weighted by Crippen LogP contribution is -2.22. The Labute approximate surface area is 113 Å². The molecule has 1 atom stereocenters. The Morgan fingerprint density at radius 2 is 2.37 bits per heavy atom. The van der Waals surface area contributed by atoms with E-state index in [0.717, 1.165) is 0 Å². The number of rotatable bonds is 4. The quantitative estimate of drug-likeness (QED) is 0.585. The van der Waals surface area contributed by atoms with Gasteiger partial charge in [0.15, 0.2) is 5.16 Å². The number of amides is 1. The number of nitrogen functional groups attached to an aromatic ring is 1. The number of nitrogens with two attached hydrogens (primary N) is 1. The molecule has 19 heavy (non-hydrogen) atoms. The van der Waals surface area contributed by atoms with Gasteiger partial charge in [-0.25, -0.2) is 9.37 Å². The number of halogens is 1. The van der Waals surface area contributed by atoms with E-state index in [1.165, 1.54) is 36.3 Å². The molecule has 0 aliphatic rings. The SMILES string of the molecule is CC(Sc1ncn[nH]1)C(=O)Nc1ccc(F)c(N)c1. The van der Waals surface area contributed by atoms with Crippen LogP contribution in [0.5, 0.6) is 0 Å². The molecule has 1 amide bonds. The van der Waals surface area contributed by atoms with E-state index in [1.54, 1.807) is 6.92 Å². The molecule has 0 aliphatic carbocycles. The van der Waals surface area contributed by atoms with Gasteiger partial charge in [-0.3, -0.25) is 9.89 Å². The Hall–Kier alpha value is -2.09. The summed E-state index contributed by atoms with van der Waals surface area (Å²) in [5, 5.41) is 9.18. The van der Waals surface area contributed by atoms with E-state index in [0.29, 0.717) is 10.8 Å². The summed E-state index contributed by atoms with van der Waals surface area (Å²) in [4.78, 5) is 15.8. The van der Waals surface area contributed by atoms with Gasteiger partial charge in [0.25, 0.3) is 0 Å². The van der Waals surface area contributed by atoms with Crippen LogP contribution in [0.4, 0.5) is 15.8 Å². The maximum absolute atomic E-state index is 13.0. The third kappa shape index (κ3) is 3.44. The van der Waals surface area contributed by atoms with E-state index in [1.807, 2.05) is 0 Å². The number of hydrogen-bond acceptors (Lipinski definition) is 5. The van der Waals surface area contributed by atoms with Crippen molar-refractivity contribution in [2.75, 3.05) is 11.1 Å². The molecule has 4 N–H and O–H groups in total. The lowest BCUT2D eigenvalue weighted by Gasteiger charge is -2.10. The number of aromatic nitrogens is 3. The van der Waals surface area contributed by atoms with Gasteiger partial charge in [0.1, 0.15) is 12.1 Å². The summed E-state index contributed by atoms with van der Waals surface area (Å²) < 4.78 is 13.0. The van der Waals surface area contributed by atoms with Gasteiger partial charge in [-0.2, -0.15) is 5.10 Å². The highest BCUT2D eigenvalue weighted by molar-refractivity contribution is 8.00. The van der Waals surface area contributed by atoms with Gasteiger partial charge in [0, 0.05) is 5.69 Å². The normalized spacial score (nSPS) is 12.1. The molecule has 0 saturated heterocycles. The Morgan fingerprint density at radius 1 is 1.58 bits per heavy atom. The fourth-order valence-electron chi connectivity index (χ4n) is 1.34. The van der Waals surface area contributed by atoms with Gasteiger partial charge < -0.3 is 11.1 Å². The van der Waals surface area contributed by atoms with Crippen molar-refractivity contribution in [1.29, 1.82) is 0 Å². The van der Waals surface area contributed by atoms with Gasteiger partial charge >= 0.3 is 0 Å². The van der Waals surface area contributed by atoms with Crippen LogP contribution >= 0.6 is 11.8 Å². The molecular formula is C11H12FN5OS. The van der Waals surface area contributed by atoms with Crippen molar-refractivity contribution >= 4 is 29.0 Å². The van der Waals surface area contributed by atoms with E-state index in [-0.39, 0.29) is 16.8 Å². The summed E-state index contributed by atoms with van der Waals surface area (Å²) in [5.74, 6) is -0.741. The third-order valence-corrected chi connectivity index (χ3v) is 3.30. The predicted octanol–water partition coefficient (Wildman–Crippen LogP) is 1.65. The van der Waals surface area contributed by atoms with Crippen LogP contribution in [0.1, 0.15) is 6.92 Å². The number of nitrogens with one attached hydrogen (secondary N) is 2. The standard InChI is InChI=1S/C11H12FN5OS/c1-6(19-11-14-5-15-17-11)10(18)16-7-2-3-8(12)9(13)4-7/h2-6H,13H2,1H3,(H,16,18)(H,14,15,17). The van der Waals surface area contributed by atoms with Gasteiger partial charge in [-0.1, -0.05) is 11.8 Å². The zero-order valence-electron chi connectivity index (χ0n) is 10.1. The minimum atomic E-state index is -0.512. The Balaban J connectivity index is 1.98. The summed E-state index contributed by atoms with van der Waals surface area (Å²) in [6.07, 6.45) is 1.37. The summed E-state index contributed by atoms with van der Waals surface area (Å²) >= 11 is 1.24. The van der Waals surface area contributed by atoms with E-state index >= 15 is 0 Å². The van der Waals surface area contributed by atoms with Crippen LogP contribution in [0.3, 0.4) is 0 Å². The molecule has 1 unspecified atom stereocenters. The summed E-state index contributed by atoms with van der Waals surface area (Å²) in [6, 6.07) is 4.04. The second-order valence-corrected chi connectivity index (χ2v) is 5.11. The molecule has 0 fully saturated rings. The maximum Gasteiger partial charge on any atom is 0.237 e. The van der Waals surface area contributed by atoms with E-state index in [9.17, 15) is 9.18 Å². The van der Waals surface area contributed by atoms with E-state index < -0.39 is 5.82 Å². The Morgan fingerprint density at radius 3 is 3.00 bits per heavy atom. The highest BCUT2D eigenvalue weighted by atomic mass is 32.2. The van der Waals surface area contributed by atoms with Crippen molar-refractivity contribution in [1.82, 2.24) is 15.2 Å². The lowest BCUT2D eigenvalue weighted by atomic mass is 10.2.